The van der Waals surface area contributed by atoms with E-state index in [4.69, 9.17) is 4.74 Å². The van der Waals surface area contributed by atoms with Crippen LogP contribution in [0.15, 0.2) is 52.7 Å². The molecule has 0 aliphatic carbocycles. The number of rotatable bonds is 6. The van der Waals surface area contributed by atoms with E-state index in [9.17, 15) is 19.1 Å². The van der Waals surface area contributed by atoms with Gasteiger partial charge in [0.1, 0.15) is 11.1 Å². The number of anilines is 1. The molecule has 29 heavy (non-hydrogen) atoms. The number of nitrogens with zero attached hydrogens (tertiary/aromatic N) is 2. The number of hydrogen-bond donors (Lipinski definition) is 3. The Kier molecular flexibility index (Phi) is 6.45. The number of hydrogen-bond acceptors (Lipinski definition) is 7. The SMILES string of the molecule is COc1cc(C=NN=C2NC(=O)[C@@H](CC(=O)Nc3ccccc3F)S2)ccc1O. The molecule has 1 aliphatic rings. The highest BCUT2D eigenvalue weighted by molar-refractivity contribution is 8.15. The largest absolute Gasteiger partial charge is 0.504 e. The summed E-state index contributed by atoms with van der Waals surface area (Å²) in [6.45, 7) is 0. The first-order valence-electron chi connectivity index (χ1n) is 8.46. The number of halogens is 1. The van der Waals surface area contributed by atoms with E-state index in [0.717, 1.165) is 11.8 Å². The number of para-hydroxylation sites is 1. The second-order valence-corrected chi connectivity index (χ2v) is 7.10. The van der Waals surface area contributed by atoms with Gasteiger partial charge in [0, 0.05) is 6.42 Å². The summed E-state index contributed by atoms with van der Waals surface area (Å²) < 4.78 is 18.6. The number of phenolic OH excluding ortho intramolecular Hbond substituents is 1. The molecule has 8 nitrogen and oxygen atoms in total. The van der Waals surface area contributed by atoms with Gasteiger partial charge in [0.25, 0.3) is 0 Å². The number of carbonyl (C=O) groups excluding carboxylic acids is 2. The molecule has 0 saturated carbocycles. The third-order valence-electron chi connectivity index (χ3n) is 3.85. The van der Waals surface area contributed by atoms with E-state index in [2.05, 4.69) is 20.8 Å². The molecule has 0 radical (unpaired) electrons. The zero-order valence-electron chi connectivity index (χ0n) is 15.3. The predicted octanol–water partition coefficient (Wildman–Crippen LogP) is 2.49. The zero-order chi connectivity index (χ0) is 20.8. The van der Waals surface area contributed by atoms with Crippen molar-refractivity contribution in [1.29, 1.82) is 0 Å². The Labute approximate surface area is 169 Å². The smallest absolute Gasteiger partial charge is 0.240 e. The number of carbonyl (C=O) groups is 2. The molecular formula is C19H17FN4O4S. The van der Waals surface area contributed by atoms with Crippen molar-refractivity contribution in [3.63, 3.8) is 0 Å². The summed E-state index contributed by atoms with van der Waals surface area (Å²) in [7, 11) is 1.43. The molecule has 150 valence electrons. The molecule has 1 heterocycles. The minimum atomic E-state index is -0.690. The van der Waals surface area contributed by atoms with Gasteiger partial charge in [-0.15, -0.1) is 5.10 Å². The first-order valence-corrected chi connectivity index (χ1v) is 9.34. The van der Waals surface area contributed by atoms with Gasteiger partial charge >= 0.3 is 0 Å². The van der Waals surface area contributed by atoms with Gasteiger partial charge in [0.2, 0.25) is 11.8 Å². The van der Waals surface area contributed by atoms with E-state index in [-0.39, 0.29) is 28.9 Å². The average Bonchev–Trinajstić information content (AvgIpc) is 3.04. The van der Waals surface area contributed by atoms with Crippen LogP contribution in [0, 0.1) is 5.82 Å². The molecule has 10 heteroatoms. The van der Waals surface area contributed by atoms with E-state index < -0.39 is 17.0 Å². The summed E-state index contributed by atoms with van der Waals surface area (Å²) in [5.74, 6) is -1.10. The lowest BCUT2D eigenvalue weighted by molar-refractivity contribution is -0.122. The topological polar surface area (TPSA) is 112 Å². The van der Waals surface area contributed by atoms with E-state index in [0.29, 0.717) is 11.3 Å². The Morgan fingerprint density at radius 1 is 1.38 bits per heavy atom. The van der Waals surface area contributed by atoms with Crippen molar-refractivity contribution in [2.75, 3.05) is 12.4 Å². The molecule has 1 aliphatic heterocycles. The van der Waals surface area contributed by atoms with E-state index in [1.54, 1.807) is 18.2 Å². The van der Waals surface area contributed by atoms with Crippen LogP contribution in [0.1, 0.15) is 12.0 Å². The van der Waals surface area contributed by atoms with Gasteiger partial charge in [-0.3, -0.25) is 9.59 Å². The minimum Gasteiger partial charge on any atom is -0.504 e. The summed E-state index contributed by atoms with van der Waals surface area (Å²) in [5.41, 5.74) is 0.697. The van der Waals surface area contributed by atoms with Crippen molar-refractivity contribution in [3.05, 3.63) is 53.8 Å². The number of methoxy groups -OCH3 is 1. The highest BCUT2D eigenvalue weighted by Gasteiger charge is 2.32. The average molecular weight is 416 g/mol. The lowest BCUT2D eigenvalue weighted by Crippen LogP contribution is -2.28. The molecule has 2 aromatic carbocycles. The minimum absolute atomic E-state index is 0.00563. The highest BCUT2D eigenvalue weighted by Crippen LogP contribution is 2.26. The Hall–Kier alpha value is -3.40. The molecule has 0 spiro atoms. The normalized spacial score (nSPS) is 17.5. The van der Waals surface area contributed by atoms with Crippen molar-refractivity contribution in [1.82, 2.24) is 5.32 Å². The molecule has 2 aromatic rings. The van der Waals surface area contributed by atoms with Crippen LogP contribution in [0.5, 0.6) is 11.5 Å². The fourth-order valence-corrected chi connectivity index (χ4v) is 3.37. The van der Waals surface area contributed by atoms with Crippen LogP contribution < -0.4 is 15.4 Å². The van der Waals surface area contributed by atoms with Crippen molar-refractivity contribution >= 4 is 40.6 Å². The lowest BCUT2D eigenvalue weighted by atomic mass is 10.2. The monoisotopic (exact) mass is 416 g/mol. The maximum atomic E-state index is 13.6. The fourth-order valence-electron chi connectivity index (χ4n) is 2.44. The molecule has 1 fully saturated rings. The van der Waals surface area contributed by atoms with Crippen LogP contribution in [-0.2, 0) is 9.59 Å². The standard InChI is InChI=1S/C19H17FN4O4S/c1-28-15-8-11(6-7-14(15)25)10-21-24-19-23-18(27)16(29-19)9-17(26)22-13-5-3-2-4-12(13)20/h2-8,10,16,25H,9H2,1H3,(H,22,26)(H,23,24,27)/t16-/m1/s1. The summed E-state index contributed by atoms with van der Waals surface area (Å²) in [4.78, 5) is 24.1. The number of phenols is 1. The van der Waals surface area contributed by atoms with Gasteiger partial charge in [-0.2, -0.15) is 5.10 Å². The summed E-state index contributed by atoms with van der Waals surface area (Å²) in [6, 6.07) is 10.5. The van der Waals surface area contributed by atoms with Crippen LogP contribution in [0.4, 0.5) is 10.1 Å². The third kappa shape index (κ3) is 5.32. The first-order chi connectivity index (χ1) is 14.0. The van der Waals surface area contributed by atoms with Gasteiger partial charge in [-0.05, 0) is 35.9 Å². The fraction of sp³-hybridized carbons (Fsp3) is 0.158. The quantitative estimate of drug-likeness (QED) is 0.495. The van der Waals surface area contributed by atoms with Crippen LogP contribution in [0.25, 0.3) is 0 Å². The summed E-state index contributed by atoms with van der Waals surface area (Å²) >= 11 is 1.06. The highest BCUT2D eigenvalue weighted by atomic mass is 32.2. The molecular weight excluding hydrogens is 399 g/mol. The lowest BCUT2D eigenvalue weighted by Gasteiger charge is -2.07. The van der Waals surface area contributed by atoms with Crippen LogP contribution >= 0.6 is 11.8 Å². The molecule has 1 atom stereocenters. The van der Waals surface area contributed by atoms with Crippen LogP contribution in [0.2, 0.25) is 0 Å². The molecule has 0 unspecified atom stereocenters. The van der Waals surface area contributed by atoms with Crippen molar-refractivity contribution in [2.24, 2.45) is 10.2 Å². The maximum absolute atomic E-state index is 13.6. The zero-order valence-corrected chi connectivity index (χ0v) is 16.1. The second-order valence-electron chi connectivity index (χ2n) is 5.91. The van der Waals surface area contributed by atoms with Gasteiger partial charge < -0.3 is 20.5 Å². The molecule has 3 N–H and O–H groups in total. The van der Waals surface area contributed by atoms with Gasteiger partial charge in [0.05, 0.1) is 19.0 Å². The first kappa shape index (κ1) is 20.3. The molecule has 2 amide bonds. The van der Waals surface area contributed by atoms with E-state index >= 15 is 0 Å². The molecule has 0 aromatic heterocycles. The van der Waals surface area contributed by atoms with Gasteiger partial charge in [0.15, 0.2) is 16.7 Å². The number of amides is 2. The second kappa shape index (κ2) is 9.20. The number of thioether (sulfide) groups is 1. The van der Waals surface area contributed by atoms with E-state index in [1.807, 2.05) is 0 Å². The van der Waals surface area contributed by atoms with Gasteiger partial charge in [-0.1, -0.05) is 23.9 Å². The predicted molar refractivity (Wildman–Crippen MR) is 109 cm³/mol. The molecule has 3 rings (SSSR count). The molecule has 0 bridgehead atoms. The number of nitrogens with one attached hydrogen (secondary N) is 2. The Bertz CT molecular complexity index is 996. The summed E-state index contributed by atoms with van der Waals surface area (Å²) in [6.07, 6.45) is 1.29. The summed E-state index contributed by atoms with van der Waals surface area (Å²) in [5, 5.41) is 21.9. The molecule has 1 saturated heterocycles. The Morgan fingerprint density at radius 3 is 2.93 bits per heavy atom. The van der Waals surface area contributed by atoms with Crippen molar-refractivity contribution < 1.29 is 23.8 Å². The van der Waals surface area contributed by atoms with Crippen LogP contribution in [0.3, 0.4) is 0 Å². The van der Waals surface area contributed by atoms with Gasteiger partial charge in [-0.25, -0.2) is 4.39 Å². The van der Waals surface area contributed by atoms with Crippen molar-refractivity contribution in [2.45, 2.75) is 11.7 Å². The Morgan fingerprint density at radius 2 is 2.17 bits per heavy atom. The number of aromatic hydroxyl groups is 1. The van der Waals surface area contributed by atoms with Crippen molar-refractivity contribution in [3.8, 4) is 11.5 Å². The third-order valence-corrected chi connectivity index (χ3v) is 4.93. The number of benzene rings is 2. The number of amidine groups is 1. The Balaban J connectivity index is 1.58. The maximum Gasteiger partial charge on any atom is 0.240 e. The number of ether oxygens (including phenoxy) is 1. The van der Waals surface area contributed by atoms with Crippen LogP contribution in [-0.4, -0.2) is 40.7 Å². The van der Waals surface area contributed by atoms with E-state index in [1.165, 1.54) is 37.6 Å².